The third-order valence-electron chi connectivity index (χ3n) is 3.62. The number of carbonyl (C=O) groups is 2. The van der Waals surface area contributed by atoms with Gasteiger partial charge in [-0.3, -0.25) is 4.79 Å². The van der Waals surface area contributed by atoms with Crippen LogP contribution in [0.15, 0.2) is 0 Å². The van der Waals surface area contributed by atoms with Crippen LogP contribution in [0.3, 0.4) is 0 Å². The Morgan fingerprint density at radius 1 is 1.25 bits per heavy atom. The molecule has 1 fully saturated rings. The van der Waals surface area contributed by atoms with Crippen molar-refractivity contribution in [3.05, 3.63) is 22.2 Å². The van der Waals surface area contributed by atoms with Gasteiger partial charge in [0.05, 0.1) is 13.2 Å². The van der Waals surface area contributed by atoms with E-state index in [1.807, 2.05) is 0 Å². The SMILES string of the molecule is Cc1c(C(=O)N2CCOCC2)c(C)[n+]([O-])n1NC(=O)OC(C)(C)C. The molecule has 2 amide bonds. The van der Waals surface area contributed by atoms with Gasteiger partial charge in [0.25, 0.3) is 5.91 Å². The molecule has 0 radical (unpaired) electrons. The fourth-order valence-corrected chi connectivity index (χ4v) is 2.50. The highest BCUT2D eigenvalue weighted by Gasteiger charge is 2.30. The summed E-state index contributed by atoms with van der Waals surface area (Å²) < 4.78 is 10.4. The van der Waals surface area contributed by atoms with E-state index >= 15 is 0 Å². The Kier molecular flexibility index (Phi) is 5.02. The maximum Gasteiger partial charge on any atom is 0.524 e. The van der Waals surface area contributed by atoms with Crippen molar-refractivity contribution < 1.29 is 23.9 Å². The number of morpholine rings is 1. The van der Waals surface area contributed by atoms with Gasteiger partial charge in [0, 0.05) is 20.0 Å². The van der Waals surface area contributed by atoms with Crippen LogP contribution in [-0.4, -0.2) is 53.6 Å². The lowest BCUT2D eigenvalue weighted by atomic mass is 10.1. The summed E-state index contributed by atoms with van der Waals surface area (Å²) in [6.45, 7) is 10.2. The van der Waals surface area contributed by atoms with Gasteiger partial charge in [0.1, 0.15) is 22.6 Å². The van der Waals surface area contributed by atoms with E-state index in [1.54, 1.807) is 39.5 Å². The van der Waals surface area contributed by atoms with E-state index in [1.165, 1.54) is 0 Å². The van der Waals surface area contributed by atoms with E-state index < -0.39 is 11.7 Å². The molecule has 1 aromatic heterocycles. The Morgan fingerprint density at radius 3 is 2.38 bits per heavy atom. The van der Waals surface area contributed by atoms with Gasteiger partial charge in [-0.05, 0) is 27.7 Å². The minimum absolute atomic E-state index is 0.222. The van der Waals surface area contributed by atoms with Crippen LogP contribution in [0.25, 0.3) is 0 Å². The number of carbonyl (C=O) groups excluding carboxylic acids is 2. The zero-order valence-corrected chi connectivity index (χ0v) is 14.7. The first-order valence-corrected chi connectivity index (χ1v) is 7.80. The van der Waals surface area contributed by atoms with Crippen LogP contribution < -0.4 is 10.3 Å². The van der Waals surface area contributed by atoms with Crippen molar-refractivity contribution in [2.45, 2.75) is 40.2 Å². The molecule has 1 aliphatic rings. The molecule has 1 saturated heterocycles. The number of hydrogen-bond donors (Lipinski definition) is 1. The van der Waals surface area contributed by atoms with Crippen molar-refractivity contribution in [1.82, 2.24) is 9.69 Å². The van der Waals surface area contributed by atoms with E-state index in [-0.39, 0.29) is 17.2 Å². The lowest BCUT2D eigenvalue weighted by molar-refractivity contribution is -0.694. The van der Waals surface area contributed by atoms with E-state index in [0.717, 1.165) is 4.79 Å². The van der Waals surface area contributed by atoms with Crippen molar-refractivity contribution in [3.63, 3.8) is 0 Å². The van der Waals surface area contributed by atoms with Crippen LogP contribution in [0.5, 0.6) is 0 Å². The fourth-order valence-electron chi connectivity index (χ4n) is 2.50. The van der Waals surface area contributed by atoms with Crippen molar-refractivity contribution >= 4 is 12.0 Å². The number of hydrogen-bond acceptors (Lipinski definition) is 5. The Bertz CT molecular complexity index is 641. The highest BCUT2D eigenvalue weighted by Crippen LogP contribution is 2.15. The molecule has 9 heteroatoms. The predicted molar refractivity (Wildman–Crippen MR) is 85.2 cm³/mol. The standard InChI is InChI=1S/C15H24N4O5/c1-10-12(13(20)17-6-8-23-9-7-17)11(2)19(22)18(10)16-14(21)24-15(3,4)5/h6-9H2,1-5H3,(H,16,21). The summed E-state index contributed by atoms with van der Waals surface area (Å²) in [5, 5.41) is 12.3. The molecular formula is C15H24N4O5. The van der Waals surface area contributed by atoms with Gasteiger partial charge in [-0.1, -0.05) is 10.2 Å². The van der Waals surface area contributed by atoms with Crippen molar-refractivity contribution in [2.24, 2.45) is 0 Å². The van der Waals surface area contributed by atoms with Gasteiger partial charge in [-0.2, -0.15) is 9.64 Å². The van der Waals surface area contributed by atoms with E-state index in [0.29, 0.717) is 36.8 Å². The van der Waals surface area contributed by atoms with Crippen LogP contribution in [0.4, 0.5) is 4.79 Å². The zero-order valence-electron chi connectivity index (χ0n) is 14.7. The summed E-state index contributed by atoms with van der Waals surface area (Å²) >= 11 is 0. The second kappa shape index (κ2) is 6.68. The lowest BCUT2D eigenvalue weighted by Gasteiger charge is -2.26. The van der Waals surface area contributed by atoms with Crippen molar-refractivity contribution in [1.29, 1.82) is 0 Å². The Morgan fingerprint density at radius 2 is 1.83 bits per heavy atom. The Labute approximate surface area is 140 Å². The van der Waals surface area contributed by atoms with Crippen LogP contribution >= 0.6 is 0 Å². The molecule has 0 spiro atoms. The first kappa shape index (κ1) is 18.1. The van der Waals surface area contributed by atoms with Gasteiger partial charge < -0.3 is 19.6 Å². The summed E-state index contributed by atoms with van der Waals surface area (Å²) in [6, 6.07) is 0. The quantitative estimate of drug-likeness (QED) is 0.631. The number of ether oxygens (including phenoxy) is 2. The Balaban J connectivity index is 2.25. The van der Waals surface area contributed by atoms with E-state index in [2.05, 4.69) is 5.43 Å². The maximum absolute atomic E-state index is 12.7. The predicted octanol–water partition coefficient (Wildman–Crippen LogP) is 0.689. The van der Waals surface area contributed by atoms with Crippen molar-refractivity contribution in [2.75, 3.05) is 31.7 Å². The van der Waals surface area contributed by atoms with Crippen LogP contribution in [0, 0.1) is 19.1 Å². The highest BCUT2D eigenvalue weighted by atomic mass is 16.6. The smallest absolute Gasteiger partial charge is 0.524 e. The minimum Gasteiger partial charge on any atom is -0.692 e. The molecule has 0 unspecified atom stereocenters. The summed E-state index contributed by atoms with van der Waals surface area (Å²) in [5.74, 6) is -0.248. The second-order valence-electron chi connectivity index (χ2n) is 6.65. The number of amides is 2. The molecule has 134 valence electrons. The number of nitrogens with zero attached hydrogens (tertiary/aromatic N) is 3. The third-order valence-corrected chi connectivity index (χ3v) is 3.62. The monoisotopic (exact) mass is 340 g/mol. The lowest BCUT2D eigenvalue weighted by Crippen LogP contribution is -2.47. The topological polar surface area (TPSA) is 99.7 Å². The molecular weight excluding hydrogens is 316 g/mol. The number of rotatable bonds is 2. The summed E-state index contributed by atoms with van der Waals surface area (Å²) in [4.78, 5) is 27.7. The zero-order chi connectivity index (χ0) is 18.1. The van der Waals surface area contributed by atoms with Gasteiger partial charge in [0.2, 0.25) is 0 Å². The van der Waals surface area contributed by atoms with Gasteiger partial charge >= 0.3 is 6.09 Å². The summed E-state index contributed by atoms with van der Waals surface area (Å²) in [7, 11) is 0. The molecule has 0 bridgehead atoms. The van der Waals surface area contributed by atoms with Gasteiger partial charge in [0.15, 0.2) is 0 Å². The average Bonchev–Trinajstić information content (AvgIpc) is 2.69. The molecule has 0 saturated carbocycles. The average molecular weight is 340 g/mol. The largest absolute Gasteiger partial charge is 0.692 e. The molecule has 0 atom stereocenters. The molecule has 0 aromatic carbocycles. The van der Waals surface area contributed by atoms with Crippen molar-refractivity contribution in [3.8, 4) is 0 Å². The second-order valence-corrected chi connectivity index (χ2v) is 6.65. The molecule has 1 N–H and O–H groups in total. The highest BCUT2D eigenvalue weighted by molar-refractivity contribution is 5.96. The molecule has 2 rings (SSSR count). The van der Waals surface area contributed by atoms with Crippen LogP contribution in [-0.2, 0) is 9.47 Å². The van der Waals surface area contributed by atoms with Gasteiger partial charge in [-0.15, -0.1) is 0 Å². The molecule has 1 aliphatic heterocycles. The van der Waals surface area contributed by atoms with E-state index in [9.17, 15) is 14.8 Å². The normalized spacial score (nSPS) is 15.3. The molecule has 1 aromatic rings. The van der Waals surface area contributed by atoms with Crippen LogP contribution in [0.2, 0.25) is 0 Å². The first-order chi connectivity index (χ1) is 11.1. The molecule has 9 nitrogen and oxygen atoms in total. The maximum atomic E-state index is 12.7. The van der Waals surface area contributed by atoms with Gasteiger partial charge in [-0.25, -0.2) is 0 Å². The third kappa shape index (κ3) is 3.78. The fraction of sp³-hybridized carbons (Fsp3) is 0.667. The molecule has 24 heavy (non-hydrogen) atoms. The molecule has 2 heterocycles. The van der Waals surface area contributed by atoms with E-state index in [4.69, 9.17) is 9.47 Å². The first-order valence-electron chi connectivity index (χ1n) is 7.80. The Hall–Kier alpha value is -2.29. The molecule has 0 aliphatic carbocycles. The minimum atomic E-state index is -0.768. The summed E-state index contributed by atoms with van der Waals surface area (Å²) in [6.07, 6.45) is -0.768. The number of nitrogens with one attached hydrogen (secondary N) is 1. The van der Waals surface area contributed by atoms with Crippen LogP contribution in [0.1, 0.15) is 42.5 Å². The number of aromatic nitrogens is 2. The summed E-state index contributed by atoms with van der Waals surface area (Å²) in [5.41, 5.74) is 2.53.